The lowest BCUT2D eigenvalue weighted by atomic mass is 10.3. The van der Waals surface area contributed by atoms with Crippen LogP contribution in [0.2, 0.25) is 0 Å². The van der Waals surface area contributed by atoms with Gasteiger partial charge in [-0.3, -0.25) is 9.59 Å². The first-order valence-electron chi connectivity index (χ1n) is 4.23. The molecule has 16 heavy (non-hydrogen) atoms. The van der Waals surface area contributed by atoms with E-state index in [1.54, 1.807) is 4.72 Å². The normalized spacial score (nSPS) is 13.1. The van der Waals surface area contributed by atoms with Crippen LogP contribution in [-0.4, -0.2) is 56.1 Å². The average molecular weight is 255 g/mol. The predicted octanol–water partition coefficient (Wildman–Crippen LogP) is -2.09. The van der Waals surface area contributed by atoms with Crippen molar-refractivity contribution in [3.05, 3.63) is 0 Å². The molecular formula is C7H13NO7S. The van der Waals surface area contributed by atoms with Crippen molar-refractivity contribution < 1.29 is 33.0 Å². The van der Waals surface area contributed by atoms with Gasteiger partial charge >= 0.3 is 11.9 Å². The van der Waals surface area contributed by atoms with Gasteiger partial charge in [0, 0.05) is 0 Å². The minimum atomic E-state index is -3.93. The number of ether oxygens (including phenoxy) is 1. The topological polar surface area (TPSA) is 130 Å². The first-order valence-corrected chi connectivity index (χ1v) is 5.88. The summed E-state index contributed by atoms with van der Waals surface area (Å²) < 4.78 is 28.4. The summed E-state index contributed by atoms with van der Waals surface area (Å²) >= 11 is 0. The van der Waals surface area contributed by atoms with Crippen molar-refractivity contribution in [3.8, 4) is 0 Å². The van der Waals surface area contributed by atoms with Crippen LogP contribution < -0.4 is 4.72 Å². The molecule has 0 amide bonds. The van der Waals surface area contributed by atoms with Gasteiger partial charge in [0.25, 0.3) is 0 Å². The highest BCUT2D eigenvalue weighted by Gasteiger charge is 2.23. The highest BCUT2D eigenvalue weighted by molar-refractivity contribution is 7.89. The minimum Gasteiger partial charge on any atom is -0.480 e. The molecule has 0 aliphatic heterocycles. The highest BCUT2D eigenvalue weighted by Crippen LogP contribution is 1.95. The van der Waals surface area contributed by atoms with Crippen molar-refractivity contribution in [1.82, 2.24) is 4.72 Å². The van der Waals surface area contributed by atoms with E-state index < -0.39 is 40.4 Å². The monoisotopic (exact) mass is 255 g/mol. The van der Waals surface area contributed by atoms with Gasteiger partial charge in [-0.15, -0.1) is 0 Å². The van der Waals surface area contributed by atoms with E-state index in [-0.39, 0.29) is 6.42 Å². The Bertz CT molecular complexity index is 350. The van der Waals surface area contributed by atoms with Crippen molar-refractivity contribution in [1.29, 1.82) is 0 Å². The van der Waals surface area contributed by atoms with Crippen molar-refractivity contribution >= 4 is 22.0 Å². The fourth-order valence-corrected chi connectivity index (χ4v) is 1.92. The van der Waals surface area contributed by atoms with Gasteiger partial charge in [0.2, 0.25) is 10.0 Å². The van der Waals surface area contributed by atoms with E-state index >= 15 is 0 Å². The van der Waals surface area contributed by atoms with Crippen molar-refractivity contribution in [3.63, 3.8) is 0 Å². The van der Waals surface area contributed by atoms with Gasteiger partial charge in [-0.2, -0.15) is 4.72 Å². The summed E-state index contributed by atoms with van der Waals surface area (Å²) in [6, 6.07) is -1.61. The van der Waals surface area contributed by atoms with E-state index in [0.29, 0.717) is 0 Å². The van der Waals surface area contributed by atoms with E-state index in [4.69, 9.17) is 10.2 Å². The number of carbonyl (C=O) groups excluding carboxylic acids is 1. The third-order valence-corrected chi connectivity index (χ3v) is 2.99. The number of sulfonamides is 1. The third kappa shape index (κ3) is 5.63. The second-order valence-corrected chi connectivity index (χ2v) is 4.71. The molecule has 0 aliphatic carbocycles. The molecule has 0 heterocycles. The first-order chi connectivity index (χ1) is 7.32. The van der Waals surface area contributed by atoms with E-state index in [2.05, 4.69) is 4.74 Å². The lowest BCUT2D eigenvalue weighted by molar-refractivity contribution is -0.140. The number of nitrogens with one attached hydrogen (secondary N) is 1. The maximum Gasteiger partial charge on any atom is 0.324 e. The molecule has 0 spiro atoms. The fourth-order valence-electron chi connectivity index (χ4n) is 0.761. The quantitative estimate of drug-likeness (QED) is 0.445. The highest BCUT2D eigenvalue weighted by atomic mass is 32.2. The summed E-state index contributed by atoms with van der Waals surface area (Å²) in [5.41, 5.74) is 0. The first kappa shape index (κ1) is 14.8. The van der Waals surface area contributed by atoms with Gasteiger partial charge in [0.1, 0.15) is 6.04 Å². The molecule has 0 saturated heterocycles. The van der Waals surface area contributed by atoms with Gasteiger partial charge in [0.15, 0.2) is 0 Å². The van der Waals surface area contributed by atoms with E-state index in [1.807, 2.05) is 0 Å². The molecule has 0 aromatic carbocycles. The summed E-state index contributed by atoms with van der Waals surface area (Å²) in [5, 5.41) is 17.1. The van der Waals surface area contributed by atoms with Crippen molar-refractivity contribution in [2.24, 2.45) is 0 Å². The standard InChI is InChI=1S/C7H13NO7S/c1-15-6(10)2-3-16(13,14)8-5(4-9)7(11)12/h5,8-9H,2-4H2,1H3,(H,11,12). The number of esters is 1. The summed E-state index contributed by atoms with van der Waals surface area (Å²) in [5.74, 6) is -2.81. The zero-order valence-corrected chi connectivity index (χ0v) is 9.36. The van der Waals surface area contributed by atoms with Gasteiger partial charge in [-0.05, 0) is 0 Å². The van der Waals surface area contributed by atoms with Crippen molar-refractivity contribution in [2.45, 2.75) is 12.5 Å². The number of carboxylic acid groups (broad SMARTS) is 1. The molecule has 0 aromatic rings. The molecule has 9 heteroatoms. The van der Waals surface area contributed by atoms with Gasteiger partial charge < -0.3 is 14.9 Å². The van der Waals surface area contributed by atoms with Crippen LogP contribution in [0, 0.1) is 0 Å². The SMILES string of the molecule is COC(=O)CCS(=O)(=O)NC(CO)C(=O)O. The van der Waals surface area contributed by atoms with Crippen molar-refractivity contribution in [2.75, 3.05) is 19.5 Å². The molecular weight excluding hydrogens is 242 g/mol. The number of rotatable bonds is 7. The Kier molecular flexibility index (Phi) is 5.93. The molecule has 1 unspecified atom stereocenters. The maximum atomic E-state index is 11.2. The fraction of sp³-hybridized carbons (Fsp3) is 0.714. The molecule has 94 valence electrons. The molecule has 0 fully saturated rings. The van der Waals surface area contributed by atoms with Crippen LogP contribution in [-0.2, 0) is 24.3 Å². The number of aliphatic hydroxyl groups excluding tert-OH is 1. The average Bonchev–Trinajstić information content (AvgIpc) is 2.22. The molecule has 3 N–H and O–H groups in total. The summed E-state index contributed by atoms with van der Waals surface area (Å²) in [7, 11) is -2.83. The number of methoxy groups -OCH3 is 1. The summed E-state index contributed by atoms with van der Waals surface area (Å²) in [6.45, 7) is -0.868. The van der Waals surface area contributed by atoms with Crippen LogP contribution in [0.5, 0.6) is 0 Å². The molecule has 0 radical (unpaired) electrons. The predicted molar refractivity (Wildman–Crippen MR) is 52.1 cm³/mol. The Morgan fingerprint density at radius 1 is 1.44 bits per heavy atom. The smallest absolute Gasteiger partial charge is 0.324 e. The second kappa shape index (κ2) is 6.40. The van der Waals surface area contributed by atoms with E-state index in [0.717, 1.165) is 7.11 Å². The maximum absolute atomic E-state index is 11.2. The van der Waals surface area contributed by atoms with E-state index in [9.17, 15) is 18.0 Å². The zero-order valence-electron chi connectivity index (χ0n) is 8.54. The van der Waals surface area contributed by atoms with Crippen LogP contribution in [0.3, 0.4) is 0 Å². The molecule has 0 aromatic heterocycles. The molecule has 0 saturated carbocycles. The molecule has 1 atom stereocenters. The number of hydrogen-bond acceptors (Lipinski definition) is 6. The van der Waals surface area contributed by atoms with Crippen LogP contribution in [0.25, 0.3) is 0 Å². The van der Waals surface area contributed by atoms with Crippen LogP contribution in [0.1, 0.15) is 6.42 Å². The Balaban J connectivity index is 4.34. The lowest BCUT2D eigenvalue weighted by Gasteiger charge is -2.11. The number of carbonyl (C=O) groups is 2. The Morgan fingerprint density at radius 2 is 2.00 bits per heavy atom. The number of aliphatic hydroxyl groups is 1. The number of carboxylic acids is 1. The Hall–Kier alpha value is -1.19. The zero-order chi connectivity index (χ0) is 12.8. The van der Waals surface area contributed by atoms with Crippen LogP contribution in [0.4, 0.5) is 0 Å². The van der Waals surface area contributed by atoms with Gasteiger partial charge in [0.05, 0.1) is 25.9 Å². The second-order valence-electron chi connectivity index (χ2n) is 2.84. The summed E-state index contributed by atoms with van der Waals surface area (Å²) in [6.07, 6.45) is -0.385. The Labute approximate surface area is 92.3 Å². The largest absolute Gasteiger partial charge is 0.480 e. The Morgan fingerprint density at radius 3 is 2.38 bits per heavy atom. The van der Waals surface area contributed by atoms with Crippen LogP contribution in [0.15, 0.2) is 0 Å². The third-order valence-electron chi connectivity index (χ3n) is 1.61. The molecule has 0 aliphatic rings. The van der Waals surface area contributed by atoms with E-state index in [1.165, 1.54) is 0 Å². The number of hydrogen-bond donors (Lipinski definition) is 3. The molecule has 8 nitrogen and oxygen atoms in total. The van der Waals surface area contributed by atoms with Gasteiger partial charge in [-0.1, -0.05) is 0 Å². The summed E-state index contributed by atoms with van der Waals surface area (Å²) in [4.78, 5) is 21.1. The minimum absolute atomic E-state index is 0.385. The van der Waals surface area contributed by atoms with Gasteiger partial charge in [-0.25, -0.2) is 8.42 Å². The molecule has 0 rings (SSSR count). The molecule has 0 bridgehead atoms. The van der Waals surface area contributed by atoms with Crippen LogP contribution >= 0.6 is 0 Å². The lowest BCUT2D eigenvalue weighted by Crippen LogP contribution is -2.44. The number of aliphatic carboxylic acids is 1.